The van der Waals surface area contributed by atoms with Gasteiger partial charge in [0.2, 0.25) is 21.8 Å². The molecule has 2 rings (SSSR count). The van der Waals surface area contributed by atoms with Crippen LogP contribution in [0.2, 0.25) is 0 Å². The maximum Gasteiger partial charge on any atom is 0.271 e. The zero-order valence-corrected chi connectivity index (χ0v) is 20.5. The minimum absolute atomic E-state index is 0.00709. The molecule has 0 heterocycles. The van der Waals surface area contributed by atoms with Gasteiger partial charge in [-0.3, -0.25) is 24.0 Å². The summed E-state index contributed by atoms with van der Waals surface area (Å²) in [6.45, 7) is 4.76. The van der Waals surface area contributed by atoms with Crippen LogP contribution in [-0.4, -0.2) is 61.5 Å². The SMILES string of the molecule is CC(C)NC(=O)C(C)N(CCc1ccccc1)C(=O)CN(c1cccc([N+](=O)[O-])c1)S(C)(=O)=O. The summed E-state index contributed by atoms with van der Waals surface area (Å²) in [4.78, 5) is 37.9. The highest BCUT2D eigenvalue weighted by Crippen LogP contribution is 2.23. The van der Waals surface area contributed by atoms with Crippen molar-refractivity contribution in [2.75, 3.05) is 23.7 Å². The summed E-state index contributed by atoms with van der Waals surface area (Å²) in [5, 5.41) is 13.9. The lowest BCUT2D eigenvalue weighted by Gasteiger charge is -2.31. The largest absolute Gasteiger partial charge is 0.352 e. The van der Waals surface area contributed by atoms with E-state index in [1.165, 1.54) is 23.1 Å². The summed E-state index contributed by atoms with van der Waals surface area (Å²) in [5.41, 5.74) is 0.645. The number of carbonyl (C=O) groups is 2. The minimum atomic E-state index is -3.96. The summed E-state index contributed by atoms with van der Waals surface area (Å²) >= 11 is 0. The molecule has 0 aliphatic carbocycles. The van der Waals surface area contributed by atoms with Gasteiger partial charge in [0.15, 0.2) is 0 Å². The van der Waals surface area contributed by atoms with Crippen molar-refractivity contribution in [1.29, 1.82) is 0 Å². The number of nitrogens with one attached hydrogen (secondary N) is 1. The molecule has 2 aromatic carbocycles. The van der Waals surface area contributed by atoms with Crippen molar-refractivity contribution < 1.29 is 22.9 Å². The highest BCUT2D eigenvalue weighted by molar-refractivity contribution is 7.92. The Bertz CT molecular complexity index is 1120. The molecule has 34 heavy (non-hydrogen) atoms. The third-order valence-corrected chi connectivity index (χ3v) is 6.23. The number of non-ortho nitro benzene ring substituents is 1. The van der Waals surface area contributed by atoms with Crippen LogP contribution in [0.15, 0.2) is 54.6 Å². The van der Waals surface area contributed by atoms with Crippen molar-refractivity contribution in [3.8, 4) is 0 Å². The summed E-state index contributed by atoms with van der Waals surface area (Å²) < 4.78 is 25.8. The van der Waals surface area contributed by atoms with E-state index in [1.54, 1.807) is 20.8 Å². The number of hydrogen-bond acceptors (Lipinski definition) is 6. The highest BCUT2D eigenvalue weighted by atomic mass is 32.2. The van der Waals surface area contributed by atoms with Gasteiger partial charge in [-0.2, -0.15) is 0 Å². The van der Waals surface area contributed by atoms with Gasteiger partial charge >= 0.3 is 0 Å². The Hall–Kier alpha value is -3.47. The second-order valence-electron chi connectivity index (χ2n) is 8.21. The van der Waals surface area contributed by atoms with E-state index in [2.05, 4.69) is 5.32 Å². The fraction of sp³-hybridized carbons (Fsp3) is 0.391. The van der Waals surface area contributed by atoms with Gasteiger partial charge in [-0.15, -0.1) is 0 Å². The molecule has 2 aromatic rings. The highest BCUT2D eigenvalue weighted by Gasteiger charge is 2.30. The van der Waals surface area contributed by atoms with Gasteiger partial charge in [-0.25, -0.2) is 8.42 Å². The van der Waals surface area contributed by atoms with Gasteiger partial charge in [0.25, 0.3) is 5.69 Å². The number of sulfonamides is 1. The fourth-order valence-electron chi connectivity index (χ4n) is 3.35. The molecule has 0 bridgehead atoms. The first-order valence-corrected chi connectivity index (χ1v) is 12.6. The maximum atomic E-state index is 13.4. The maximum absolute atomic E-state index is 13.4. The van der Waals surface area contributed by atoms with Gasteiger partial charge in [-0.05, 0) is 38.8 Å². The zero-order valence-electron chi connectivity index (χ0n) is 19.7. The van der Waals surface area contributed by atoms with Crippen LogP contribution in [0.4, 0.5) is 11.4 Å². The lowest BCUT2D eigenvalue weighted by atomic mass is 10.1. The summed E-state index contributed by atoms with van der Waals surface area (Å²) in [7, 11) is -3.96. The Labute approximate surface area is 199 Å². The van der Waals surface area contributed by atoms with Crippen LogP contribution >= 0.6 is 0 Å². The Morgan fingerprint density at radius 2 is 1.71 bits per heavy atom. The van der Waals surface area contributed by atoms with Crippen LogP contribution < -0.4 is 9.62 Å². The number of nitro benzene ring substituents is 1. The molecule has 0 radical (unpaired) electrons. The third kappa shape index (κ3) is 7.55. The second-order valence-corrected chi connectivity index (χ2v) is 10.1. The Balaban J connectivity index is 2.35. The lowest BCUT2D eigenvalue weighted by molar-refractivity contribution is -0.384. The zero-order chi connectivity index (χ0) is 25.5. The number of amides is 2. The standard InChI is InChI=1S/C23H30N4O6S/c1-17(2)24-23(29)18(3)25(14-13-19-9-6-5-7-10-19)22(28)16-26(34(4,32)33)20-11-8-12-21(15-20)27(30)31/h5-12,15,17-18H,13-14,16H2,1-4H3,(H,24,29). The van der Waals surface area contributed by atoms with E-state index >= 15 is 0 Å². The molecule has 1 unspecified atom stereocenters. The van der Waals surface area contributed by atoms with Crippen LogP contribution in [0.1, 0.15) is 26.3 Å². The molecule has 1 N–H and O–H groups in total. The predicted octanol–water partition coefficient (Wildman–Crippen LogP) is 2.35. The molecule has 0 saturated heterocycles. The van der Waals surface area contributed by atoms with Gasteiger partial charge in [0.05, 0.1) is 16.9 Å². The Morgan fingerprint density at radius 1 is 1.06 bits per heavy atom. The molecule has 11 heteroatoms. The smallest absolute Gasteiger partial charge is 0.271 e. The molecule has 2 amide bonds. The average Bonchev–Trinajstić information content (AvgIpc) is 2.77. The van der Waals surface area contributed by atoms with Crippen molar-refractivity contribution in [2.24, 2.45) is 0 Å². The second kappa shape index (κ2) is 11.6. The molecule has 1 atom stereocenters. The first-order chi connectivity index (χ1) is 15.9. The number of anilines is 1. The first kappa shape index (κ1) is 26.8. The summed E-state index contributed by atoms with van der Waals surface area (Å²) in [6.07, 6.45) is 1.38. The van der Waals surface area contributed by atoms with E-state index < -0.39 is 33.4 Å². The molecular weight excluding hydrogens is 460 g/mol. The molecule has 0 spiro atoms. The quantitative estimate of drug-likeness (QED) is 0.380. The Kier molecular flexibility index (Phi) is 9.13. The molecule has 0 aliphatic rings. The molecule has 0 fully saturated rings. The van der Waals surface area contributed by atoms with Crippen molar-refractivity contribution in [3.63, 3.8) is 0 Å². The molecule has 0 saturated carbocycles. The van der Waals surface area contributed by atoms with Crippen LogP contribution in [0.3, 0.4) is 0 Å². The van der Waals surface area contributed by atoms with E-state index in [-0.39, 0.29) is 29.9 Å². The van der Waals surface area contributed by atoms with Gasteiger partial charge < -0.3 is 10.2 Å². The van der Waals surface area contributed by atoms with Gasteiger partial charge in [0.1, 0.15) is 12.6 Å². The van der Waals surface area contributed by atoms with Crippen LogP contribution in [0, 0.1) is 10.1 Å². The van der Waals surface area contributed by atoms with E-state index in [9.17, 15) is 28.1 Å². The number of hydrogen-bond donors (Lipinski definition) is 1. The van der Waals surface area contributed by atoms with Crippen molar-refractivity contribution in [3.05, 3.63) is 70.3 Å². The molecule has 184 valence electrons. The summed E-state index contributed by atoms with van der Waals surface area (Å²) in [6, 6.07) is 13.5. The normalized spacial score (nSPS) is 12.1. The predicted molar refractivity (Wildman–Crippen MR) is 130 cm³/mol. The molecule has 0 aliphatic heterocycles. The van der Waals surface area contributed by atoms with Crippen molar-refractivity contribution >= 4 is 33.2 Å². The monoisotopic (exact) mass is 490 g/mol. The van der Waals surface area contributed by atoms with E-state index in [1.807, 2.05) is 30.3 Å². The minimum Gasteiger partial charge on any atom is -0.352 e. The topological polar surface area (TPSA) is 130 Å². The van der Waals surface area contributed by atoms with Crippen molar-refractivity contribution in [1.82, 2.24) is 10.2 Å². The first-order valence-electron chi connectivity index (χ1n) is 10.8. The average molecular weight is 491 g/mol. The van der Waals surface area contributed by atoms with Crippen molar-refractivity contribution in [2.45, 2.75) is 39.3 Å². The van der Waals surface area contributed by atoms with Crippen LogP contribution in [0.5, 0.6) is 0 Å². The number of nitrogens with zero attached hydrogens (tertiary/aromatic N) is 3. The lowest BCUT2D eigenvalue weighted by Crippen LogP contribution is -2.53. The number of benzene rings is 2. The van der Waals surface area contributed by atoms with Crippen LogP contribution in [-0.2, 0) is 26.0 Å². The van der Waals surface area contributed by atoms with Gasteiger partial charge in [0, 0.05) is 24.7 Å². The van der Waals surface area contributed by atoms with E-state index in [4.69, 9.17) is 0 Å². The molecule has 10 nitrogen and oxygen atoms in total. The van der Waals surface area contributed by atoms with E-state index in [0.717, 1.165) is 22.2 Å². The van der Waals surface area contributed by atoms with Crippen LogP contribution in [0.25, 0.3) is 0 Å². The molecule has 0 aromatic heterocycles. The number of rotatable bonds is 11. The third-order valence-electron chi connectivity index (χ3n) is 5.09. The fourth-order valence-corrected chi connectivity index (χ4v) is 4.19. The number of carbonyl (C=O) groups excluding carboxylic acids is 2. The Morgan fingerprint density at radius 3 is 2.26 bits per heavy atom. The summed E-state index contributed by atoms with van der Waals surface area (Å²) in [5.74, 6) is -0.961. The molecular formula is C23H30N4O6S. The van der Waals surface area contributed by atoms with Gasteiger partial charge in [-0.1, -0.05) is 36.4 Å². The van der Waals surface area contributed by atoms with E-state index in [0.29, 0.717) is 6.42 Å². The number of nitro groups is 1.